The van der Waals surface area contributed by atoms with Crippen molar-refractivity contribution in [2.45, 2.75) is 32.4 Å². The molecule has 0 aliphatic heterocycles. The third kappa shape index (κ3) is 2.54. The van der Waals surface area contributed by atoms with Crippen LogP contribution in [0.5, 0.6) is 0 Å². The Morgan fingerprint density at radius 2 is 2.37 bits per heavy atom. The van der Waals surface area contributed by atoms with E-state index in [2.05, 4.69) is 10.4 Å². The van der Waals surface area contributed by atoms with Crippen LogP contribution in [0, 0.1) is 12.7 Å². The zero-order chi connectivity index (χ0) is 13.2. The van der Waals surface area contributed by atoms with Gasteiger partial charge in [-0.05, 0) is 42.5 Å². The second-order valence-electron chi connectivity index (χ2n) is 5.13. The first kappa shape index (κ1) is 12.4. The lowest BCUT2D eigenvalue weighted by molar-refractivity contribution is 0.484. The fraction of sp³-hybridized carbons (Fsp3) is 0.400. The number of aromatic nitrogens is 2. The molecule has 1 heterocycles. The van der Waals surface area contributed by atoms with Crippen LogP contribution >= 0.6 is 0 Å². The Hall–Kier alpha value is -1.68. The highest BCUT2D eigenvalue weighted by Crippen LogP contribution is 2.32. The lowest BCUT2D eigenvalue weighted by atomic mass is 10.1. The molecular formula is C15H18FN3. The smallest absolute Gasteiger partial charge is 0.126 e. The van der Waals surface area contributed by atoms with Crippen molar-refractivity contribution in [3.63, 3.8) is 0 Å². The molecule has 0 saturated heterocycles. The van der Waals surface area contributed by atoms with E-state index >= 15 is 0 Å². The molecule has 0 radical (unpaired) electrons. The van der Waals surface area contributed by atoms with Crippen molar-refractivity contribution < 1.29 is 4.39 Å². The first-order valence-corrected chi connectivity index (χ1v) is 6.74. The second kappa shape index (κ2) is 5.13. The number of benzene rings is 1. The number of halogens is 1. The molecule has 1 aliphatic rings. The Bertz CT molecular complexity index is 577. The normalized spacial score (nSPS) is 17.7. The van der Waals surface area contributed by atoms with Crippen LogP contribution in [-0.4, -0.2) is 16.3 Å². The van der Waals surface area contributed by atoms with Gasteiger partial charge in [0.2, 0.25) is 0 Å². The van der Waals surface area contributed by atoms with Gasteiger partial charge >= 0.3 is 0 Å². The van der Waals surface area contributed by atoms with E-state index in [1.54, 1.807) is 12.1 Å². The third-order valence-electron chi connectivity index (χ3n) is 3.71. The molecule has 1 atom stereocenters. The topological polar surface area (TPSA) is 29.9 Å². The van der Waals surface area contributed by atoms with Crippen molar-refractivity contribution in [3.8, 4) is 0 Å². The van der Waals surface area contributed by atoms with Gasteiger partial charge in [-0.3, -0.25) is 4.68 Å². The molecule has 2 aromatic rings. The van der Waals surface area contributed by atoms with Gasteiger partial charge in [0, 0.05) is 18.8 Å². The molecule has 0 bridgehead atoms. The van der Waals surface area contributed by atoms with Crippen molar-refractivity contribution in [3.05, 3.63) is 53.1 Å². The molecule has 0 fully saturated rings. The zero-order valence-corrected chi connectivity index (χ0v) is 11.1. The van der Waals surface area contributed by atoms with E-state index in [-0.39, 0.29) is 11.9 Å². The highest BCUT2D eigenvalue weighted by molar-refractivity contribution is 5.35. The molecule has 1 N–H and O–H groups in total. The molecule has 1 unspecified atom stereocenters. The highest BCUT2D eigenvalue weighted by atomic mass is 19.1. The maximum atomic E-state index is 13.6. The summed E-state index contributed by atoms with van der Waals surface area (Å²) in [5.41, 5.74) is 3.18. The van der Waals surface area contributed by atoms with Gasteiger partial charge in [-0.1, -0.05) is 12.1 Å². The molecule has 4 heteroatoms. The number of nitrogens with zero attached hydrogens (tertiary/aromatic N) is 2. The van der Waals surface area contributed by atoms with Gasteiger partial charge in [-0.25, -0.2) is 4.39 Å². The van der Waals surface area contributed by atoms with Gasteiger partial charge in [0.05, 0.1) is 12.7 Å². The summed E-state index contributed by atoms with van der Waals surface area (Å²) < 4.78 is 15.5. The average Bonchev–Trinajstić information content (AvgIpc) is 2.98. The number of hydrogen-bond donors (Lipinski definition) is 1. The van der Waals surface area contributed by atoms with Crippen LogP contribution in [-0.2, 0) is 13.0 Å². The minimum Gasteiger partial charge on any atom is -0.308 e. The lowest BCUT2D eigenvalue weighted by Gasteiger charge is -2.14. The first-order chi connectivity index (χ1) is 9.24. The van der Waals surface area contributed by atoms with Crippen molar-refractivity contribution in [2.75, 3.05) is 6.54 Å². The predicted molar refractivity (Wildman–Crippen MR) is 72.4 cm³/mol. The molecule has 1 aromatic heterocycles. The maximum Gasteiger partial charge on any atom is 0.126 e. The fourth-order valence-electron chi connectivity index (χ4n) is 2.76. The van der Waals surface area contributed by atoms with E-state index in [4.69, 9.17) is 0 Å². The monoisotopic (exact) mass is 259 g/mol. The molecule has 0 amide bonds. The van der Waals surface area contributed by atoms with E-state index in [1.807, 2.05) is 30.1 Å². The number of aryl methyl sites for hydroxylation is 1. The van der Waals surface area contributed by atoms with Crippen LogP contribution in [0.15, 0.2) is 30.6 Å². The van der Waals surface area contributed by atoms with E-state index in [9.17, 15) is 4.39 Å². The molecule has 19 heavy (non-hydrogen) atoms. The van der Waals surface area contributed by atoms with Gasteiger partial charge < -0.3 is 5.32 Å². The minimum absolute atomic E-state index is 0.0653. The molecule has 3 nitrogen and oxygen atoms in total. The highest BCUT2D eigenvalue weighted by Gasteiger charge is 2.23. The largest absolute Gasteiger partial charge is 0.308 e. The Kier molecular flexibility index (Phi) is 3.34. The summed E-state index contributed by atoms with van der Waals surface area (Å²) in [4.78, 5) is 0. The number of fused-ring (bicyclic) bond motifs is 1. The quantitative estimate of drug-likeness (QED) is 0.914. The van der Waals surface area contributed by atoms with Crippen molar-refractivity contribution in [1.82, 2.24) is 15.1 Å². The van der Waals surface area contributed by atoms with E-state index in [0.717, 1.165) is 37.1 Å². The van der Waals surface area contributed by atoms with Gasteiger partial charge in [-0.2, -0.15) is 5.10 Å². The van der Waals surface area contributed by atoms with Crippen LogP contribution in [0.4, 0.5) is 4.39 Å². The maximum absolute atomic E-state index is 13.6. The van der Waals surface area contributed by atoms with Crippen LogP contribution in [0.25, 0.3) is 0 Å². The van der Waals surface area contributed by atoms with Crippen molar-refractivity contribution in [2.24, 2.45) is 0 Å². The molecule has 3 rings (SSSR count). The van der Waals surface area contributed by atoms with E-state index in [1.165, 1.54) is 5.56 Å². The van der Waals surface area contributed by atoms with Crippen LogP contribution < -0.4 is 5.32 Å². The van der Waals surface area contributed by atoms with Crippen molar-refractivity contribution >= 4 is 0 Å². The van der Waals surface area contributed by atoms with Crippen LogP contribution in [0.3, 0.4) is 0 Å². The second-order valence-corrected chi connectivity index (χ2v) is 5.13. The molecule has 0 spiro atoms. The van der Waals surface area contributed by atoms with Crippen molar-refractivity contribution in [1.29, 1.82) is 0 Å². The third-order valence-corrected chi connectivity index (χ3v) is 3.71. The fourth-order valence-corrected chi connectivity index (χ4v) is 2.76. The summed E-state index contributed by atoms with van der Waals surface area (Å²) in [5, 5.41) is 7.75. The van der Waals surface area contributed by atoms with Gasteiger partial charge in [0.1, 0.15) is 5.82 Å². The summed E-state index contributed by atoms with van der Waals surface area (Å²) in [5.74, 6) is -0.0653. The van der Waals surface area contributed by atoms with Crippen LogP contribution in [0.1, 0.15) is 29.2 Å². The number of rotatable bonds is 4. The minimum atomic E-state index is -0.0653. The van der Waals surface area contributed by atoms with Gasteiger partial charge in [0.15, 0.2) is 0 Å². The summed E-state index contributed by atoms with van der Waals surface area (Å²) in [6.45, 7) is 3.73. The SMILES string of the molecule is Cc1cnn(CCNC2CCc3c(F)cccc32)c1. The summed E-state index contributed by atoms with van der Waals surface area (Å²) in [6, 6.07) is 5.65. The molecule has 1 aliphatic carbocycles. The first-order valence-electron chi connectivity index (χ1n) is 6.74. The lowest BCUT2D eigenvalue weighted by Crippen LogP contribution is -2.24. The Balaban J connectivity index is 1.59. The molecule has 100 valence electrons. The summed E-state index contributed by atoms with van der Waals surface area (Å²) in [6.07, 6.45) is 5.71. The predicted octanol–water partition coefficient (Wildman–Crippen LogP) is 2.61. The molecule has 1 aromatic carbocycles. The van der Waals surface area contributed by atoms with Gasteiger partial charge in [-0.15, -0.1) is 0 Å². The van der Waals surface area contributed by atoms with E-state index < -0.39 is 0 Å². The average molecular weight is 259 g/mol. The number of hydrogen-bond acceptors (Lipinski definition) is 2. The Morgan fingerprint density at radius 3 is 3.16 bits per heavy atom. The van der Waals surface area contributed by atoms with E-state index in [0.29, 0.717) is 0 Å². The standard InChI is InChI=1S/C15H18FN3/c1-11-9-18-19(10-11)8-7-17-15-6-5-12-13(15)3-2-4-14(12)16/h2-4,9-10,15,17H,5-8H2,1H3. The summed E-state index contributed by atoms with van der Waals surface area (Å²) >= 11 is 0. The molecular weight excluding hydrogens is 241 g/mol. The van der Waals surface area contributed by atoms with Crippen LogP contribution in [0.2, 0.25) is 0 Å². The summed E-state index contributed by atoms with van der Waals surface area (Å²) in [7, 11) is 0. The number of nitrogens with one attached hydrogen (secondary N) is 1. The van der Waals surface area contributed by atoms with Gasteiger partial charge in [0.25, 0.3) is 0 Å². The Labute approximate surface area is 112 Å². The molecule has 0 saturated carbocycles. The zero-order valence-electron chi connectivity index (χ0n) is 11.1. The Morgan fingerprint density at radius 1 is 1.47 bits per heavy atom.